The summed E-state index contributed by atoms with van der Waals surface area (Å²) in [5, 5.41) is 72.1. The molecule has 3 aliphatic rings. The average molecular weight is 481 g/mol. The van der Waals surface area contributed by atoms with E-state index in [1.54, 1.807) is 13.8 Å². The van der Waals surface area contributed by atoms with Crippen LogP contribution in [0.4, 0.5) is 0 Å². The highest BCUT2D eigenvalue weighted by Crippen LogP contribution is 2.40. The predicted molar refractivity (Wildman–Crippen MR) is 108 cm³/mol. The molecule has 0 aromatic carbocycles. The molecule has 14 unspecified atom stereocenters. The minimum atomic E-state index is -2.20. The van der Waals surface area contributed by atoms with Crippen molar-refractivity contribution in [2.45, 2.75) is 101 Å². The molecular formula is C21H36O12. The first-order chi connectivity index (χ1) is 15.4. The summed E-state index contributed by atoms with van der Waals surface area (Å²) in [6.07, 6.45) is -13.7. The van der Waals surface area contributed by atoms with Crippen molar-refractivity contribution in [1.29, 1.82) is 0 Å². The van der Waals surface area contributed by atoms with Crippen LogP contribution in [0.1, 0.15) is 27.7 Å². The topological polar surface area (TPSA) is 196 Å². The van der Waals surface area contributed by atoms with Crippen LogP contribution in [-0.4, -0.2) is 122 Å². The highest BCUT2D eigenvalue weighted by molar-refractivity contribution is 5.65. The van der Waals surface area contributed by atoms with E-state index in [0.717, 1.165) is 0 Å². The van der Waals surface area contributed by atoms with Crippen LogP contribution in [0.3, 0.4) is 0 Å². The normalized spacial score (nSPS) is 55.5. The van der Waals surface area contributed by atoms with Gasteiger partial charge in [0.25, 0.3) is 0 Å². The molecule has 3 rings (SSSR count). The number of ether oxygens (including phenoxy) is 4. The molecule has 3 fully saturated rings. The summed E-state index contributed by atoms with van der Waals surface area (Å²) in [4.78, 5) is 11.9. The van der Waals surface area contributed by atoms with E-state index in [1.165, 1.54) is 13.8 Å². The molecule has 15 atom stereocenters. The number of aliphatic hydroxyl groups is 7. The van der Waals surface area contributed by atoms with Gasteiger partial charge in [-0.1, -0.05) is 20.8 Å². The average Bonchev–Trinajstić information content (AvgIpc) is 3.03. The van der Waals surface area contributed by atoms with E-state index in [2.05, 4.69) is 0 Å². The van der Waals surface area contributed by atoms with Gasteiger partial charge in [-0.05, 0) is 6.92 Å². The van der Waals surface area contributed by atoms with E-state index in [0.29, 0.717) is 0 Å². The second kappa shape index (κ2) is 10.1. The monoisotopic (exact) mass is 480 g/mol. The summed E-state index contributed by atoms with van der Waals surface area (Å²) in [7, 11) is 0. The highest BCUT2D eigenvalue weighted by Gasteiger charge is 2.59. The Morgan fingerprint density at radius 1 is 0.788 bits per heavy atom. The Balaban J connectivity index is 1.85. The fourth-order valence-electron chi connectivity index (χ4n) is 4.84. The van der Waals surface area contributed by atoms with E-state index >= 15 is 0 Å². The van der Waals surface area contributed by atoms with Crippen LogP contribution in [0.25, 0.3) is 0 Å². The fraction of sp³-hybridized carbons (Fsp3) is 0.952. The van der Waals surface area contributed by atoms with Crippen molar-refractivity contribution in [3.05, 3.63) is 0 Å². The van der Waals surface area contributed by atoms with E-state index in [9.17, 15) is 40.5 Å². The zero-order valence-electron chi connectivity index (χ0n) is 19.0. The molecule has 0 amide bonds. The second-order valence-corrected chi connectivity index (χ2v) is 9.57. The van der Waals surface area contributed by atoms with Crippen LogP contribution in [-0.2, 0) is 23.7 Å². The second-order valence-electron chi connectivity index (χ2n) is 9.57. The molecule has 0 bridgehead atoms. The lowest BCUT2D eigenvalue weighted by Gasteiger charge is -2.45. The predicted octanol–water partition coefficient (Wildman–Crippen LogP) is -3.12. The molecule has 0 spiro atoms. The Hall–Kier alpha value is -0.770. The zero-order chi connectivity index (χ0) is 24.8. The number of rotatable bonds is 6. The maximum absolute atomic E-state index is 11.9. The number of aldehydes is 1. The number of carbonyl (C=O) groups excluding carboxylic acids is 1. The number of carbonyl (C=O) groups is 1. The maximum Gasteiger partial charge on any atom is 0.188 e. The van der Waals surface area contributed by atoms with Crippen LogP contribution < -0.4 is 0 Å². The molecule has 1 saturated carbocycles. The molecule has 0 aromatic rings. The van der Waals surface area contributed by atoms with Gasteiger partial charge in [-0.3, -0.25) is 4.79 Å². The molecule has 0 radical (unpaired) electrons. The number of aliphatic hydroxyl groups excluding tert-OH is 6. The van der Waals surface area contributed by atoms with Crippen molar-refractivity contribution in [2.24, 2.45) is 17.8 Å². The SMILES string of the molecule is CC1C(O[C@@H]2C(OC3C(C)C(O)C(C)C(O)C3O)OC(C)C2(O)C=O)OC(CO)C(O)C1O. The van der Waals surface area contributed by atoms with Crippen molar-refractivity contribution >= 4 is 6.29 Å². The maximum atomic E-state index is 11.9. The Kier molecular flexibility index (Phi) is 8.19. The Bertz CT molecular complexity index is 662. The fourth-order valence-corrected chi connectivity index (χ4v) is 4.84. The summed E-state index contributed by atoms with van der Waals surface area (Å²) in [5.74, 6) is -2.07. The van der Waals surface area contributed by atoms with Crippen molar-refractivity contribution in [3.63, 3.8) is 0 Å². The third-order valence-corrected chi connectivity index (χ3v) is 7.46. The lowest BCUT2D eigenvalue weighted by molar-refractivity contribution is -0.325. The van der Waals surface area contributed by atoms with Gasteiger partial charge in [0.15, 0.2) is 24.5 Å². The summed E-state index contributed by atoms with van der Waals surface area (Å²) >= 11 is 0. The van der Waals surface area contributed by atoms with Crippen molar-refractivity contribution in [1.82, 2.24) is 0 Å². The van der Waals surface area contributed by atoms with Crippen LogP contribution in [0.2, 0.25) is 0 Å². The van der Waals surface area contributed by atoms with Gasteiger partial charge >= 0.3 is 0 Å². The van der Waals surface area contributed by atoms with E-state index in [1.807, 2.05) is 0 Å². The largest absolute Gasteiger partial charge is 0.394 e. The molecule has 2 saturated heterocycles. The molecular weight excluding hydrogens is 444 g/mol. The van der Waals surface area contributed by atoms with Gasteiger partial charge in [-0.25, -0.2) is 0 Å². The molecule has 2 aliphatic heterocycles. The first kappa shape index (κ1) is 26.8. The molecule has 0 aromatic heterocycles. The lowest BCUT2D eigenvalue weighted by Crippen LogP contribution is -2.61. The van der Waals surface area contributed by atoms with Gasteiger partial charge in [-0.15, -0.1) is 0 Å². The molecule has 7 N–H and O–H groups in total. The van der Waals surface area contributed by atoms with Crippen LogP contribution in [0.5, 0.6) is 0 Å². The summed E-state index contributed by atoms with van der Waals surface area (Å²) in [5.41, 5.74) is -2.20. The first-order valence-electron chi connectivity index (χ1n) is 11.2. The molecule has 12 heteroatoms. The minimum Gasteiger partial charge on any atom is -0.394 e. The Labute approximate surface area is 191 Å². The highest BCUT2D eigenvalue weighted by atomic mass is 16.8. The number of hydrogen-bond donors (Lipinski definition) is 7. The molecule has 12 nitrogen and oxygen atoms in total. The van der Waals surface area contributed by atoms with E-state index in [4.69, 9.17) is 18.9 Å². The van der Waals surface area contributed by atoms with Gasteiger partial charge in [-0.2, -0.15) is 0 Å². The van der Waals surface area contributed by atoms with Crippen molar-refractivity contribution < 1.29 is 59.5 Å². The van der Waals surface area contributed by atoms with Crippen LogP contribution in [0.15, 0.2) is 0 Å². The van der Waals surface area contributed by atoms with E-state index < -0.39 is 97.5 Å². The molecule has 1 aliphatic carbocycles. The Morgan fingerprint density at radius 3 is 1.97 bits per heavy atom. The zero-order valence-corrected chi connectivity index (χ0v) is 19.0. The molecule has 192 valence electrons. The first-order valence-corrected chi connectivity index (χ1v) is 11.2. The Morgan fingerprint density at radius 2 is 1.39 bits per heavy atom. The van der Waals surface area contributed by atoms with Crippen molar-refractivity contribution in [3.8, 4) is 0 Å². The summed E-state index contributed by atoms with van der Waals surface area (Å²) in [6, 6.07) is 0. The van der Waals surface area contributed by atoms with Gasteiger partial charge in [0.05, 0.1) is 37.1 Å². The smallest absolute Gasteiger partial charge is 0.188 e. The van der Waals surface area contributed by atoms with Crippen molar-refractivity contribution in [2.75, 3.05) is 6.61 Å². The number of hydrogen-bond acceptors (Lipinski definition) is 12. The van der Waals surface area contributed by atoms with Gasteiger partial charge in [0, 0.05) is 17.8 Å². The summed E-state index contributed by atoms with van der Waals surface area (Å²) in [6.45, 7) is 5.54. The van der Waals surface area contributed by atoms with E-state index in [-0.39, 0.29) is 6.29 Å². The van der Waals surface area contributed by atoms with Crippen LogP contribution in [0, 0.1) is 17.8 Å². The molecule has 33 heavy (non-hydrogen) atoms. The van der Waals surface area contributed by atoms with Gasteiger partial charge < -0.3 is 54.7 Å². The molecule has 2 heterocycles. The van der Waals surface area contributed by atoms with Gasteiger partial charge in [0.1, 0.15) is 24.4 Å². The quantitative estimate of drug-likeness (QED) is 0.189. The third-order valence-electron chi connectivity index (χ3n) is 7.46. The minimum absolute atomic E-state index is 0.237. The third kappa shape index (κ3) is 4.59. The standard InChI is InChI=1S/C21H36O12/c1-7-12(24)8(2)17(16(28)13(7)25)32-20-18(21(29,6-23)10(4)30-20)33-19-9(3)14(26)15(27)11(5-22)31-19/h6-20,22,24-29H,5H2,1-4H3/t7?,8?,9?,10?,11?,12?,13?,14?,15?,16?,17?,18-,19?,20?,21?/m1/s1. The van der Waals surface area contributed by atoms with Gasteiger partial charge in [0.2, 0.25) is 0 Å². The van der Waals surface area contributed by atoms with Crippen LogP contribution >= 0.6 is 0 Å². The summed E-state index contributed by atoms with van der Waals surface area (Å²) < 4.78 is 22.9. The lowest BCUT2D eigenvalue weighted by atomic mass is 9.75.